The van der Waals surface area contributed by atoms with Crippen molar-refractivity contribution in [3.63, 3.8) is 0 Å². The highest BCUT2D eigenvalue weighted by Gasteiger charge is 1.90. The zero-order valence-electron chi connectivity index (χ0n) is 7.16. The van der Waals surface area contributed by atoms with Gasteiger partial charge in [-0.3, -0.25) is 0 Å². The van der Waals surface area contributed by atoms with Crippen LogP contribution in [0.5, 0.6) is 0 Å². The van der Waals surface area contributed by atoms with Crippen LogP contribution in [0, 0.1) is 0 Å². The van der Waals surface area contributed by atoms with E-state index >= 15 is 0 Å². The minimum atomic E-state index is 0.303. The van der Waals surface area contributed by atoms with Gasteiger partial charge in [0.1, 0.15) is 5.76 Å². The van der Waals surface area contributed by atoms with E-state index in [4.69, 9.17) is 9.47 Å². The number of hydrogen-bond donors (Lipinski definition) is 0. The molecule has 1 aliphatic rings. The average molecular weight is 166 g/mol. The largest absolute Gasteiger partial charge is 0.468 e. The highest BCUT2D eigenvalue weighted by atomic mass is 16.7. The summed E-state index contributed by atoms with van der Waals surface area (Å²) in [5.41, 5.74) is 0. The molecule has 0 saturated carbocycles. The van der Waals surface area contributed by atoms with E-state index in [1.54, 1.807) is 0 Å². The zero-order chi connectivity index (χ0) is 8.65. The van der Waals surface area contributed by atoms with Crippen LogP contribution in [-0.4, -0.2) is 13.4 Å². The molecule has 0 aliphatic carbocycles. The second-order valence-corrected chi connectivity index (χ2v) is 2.53. The molecule has 0 amide bonds. The lowest BCUT2D eigenvalue weighted by Crippen LogP contribution is -1.99. The van der Waals surface area contributed by atoms with E-state index in [0.717, 1.165) is 12.8 Å². The van der Waals surface area contributed by atoms with E-state index in [-0.39, 0.29) is 0 Å². The Labute approximate surface area is 73.2 Å². The molecule has 2 nitrogen and oxygen atoms in total. The van der Waals surface area contributed by atoms with Crippen molar-refractivity contribution in [3.8, 4) is 0 Å². The average Bonchev–Trinajstić information content (AvgIpc) is 2.11. The molecule has 0 aromatic rings. The van der Waals surface area contributed by atoms with Crippen molar-refractivity contribution in [2.45, 2.75) is 12.8 Å². The number of hydrogen-bond acceptors (Lipinski definition) is 2. The topological polar surface area (TPSA) is 18.5 Å². The molecule has 0 bridgehead atoms. The van der Waals surface area contributed by atoms with Gasteiger partial charge >= 0.3 is 0 Å². The third kappa shape index (κ3) is 3.98. The van der Waals surface area contributed by atoms with Gasteiger partial charge in [-0.2, -0.15) is 0 Å². The fraction of sp³-hybridized carbons (Fsp3) is 0.400. The Morgan fingerprint density at radius 3 is 3.08 bits per heavy atom. The molecule has 0 spiro atoms. The van der Waals surface area contributed by atoms with Crippen molar-refractivity contribution in [2.24, 2.45) is 0 Å². The predicted octanol–water partition coefficient (Wildman–Crippen LogP) is 2.40. The highest BCUT2D eigenvalue weighted by Crippen LogP contribution is 2.00. The Morgan fingerprint density at radius 1 is 1.25 bits per heavy atom. The summed E-state index contributed by atoms with van der Waals surface area (Å²) in [6.45, 7) is 4.72. The first-order chi connectivity index (χ1) is 5.89. The van der Waals surface area contributed by atoms with Crippen LogP contribution in [0.4, 0.5) is 0 Å². The van der Waals surface area contributed by atoms with Crippen molar-refractivity contribution >= 4 is 0 Å². The van der Waals surface area contributed by atoms with Gasteiger partial charge in [0.05, 0.1) is 6.61 Å². The Balaban J connectivity index is 2.38. The standard InChI is InChI=1S/C10H14O2/c1-10-7-5-3-2-4-6-8-11-9-12-10/h2,4-5,7H,1,3,6,8-9H2/b4-2-,7-5-. The molecular weight excluding hydrogens is 152 g/mol. The molecule has 1 aliphatic heterocycles. The lowest BCUT2D eigenvalue weighted by Gasteiger charge is -2.04. The van der Waals surface area contributed by atoms with Crippen LogP contribution in [0.15, 0.2) is 36.6 Å². The molecule has 0 atom stereocenters. The zero-order valence-corrected chi connectivity index (χ0v) is 7.16. The van der Waals surface area contributed by atoms with E-state index in [9.17, 15) is 0 Å². The van der Waals surface area contributed by atoms with Crippen LogP contribution >= 0.6 is 0 Å². The summed E-state index contributed by atoms with van der Waals surface area (Å²) < 4.78 is 10.3. The van der Waals surface area contributed by atoms with Crippen LogP contribution < -0.4 is 0 Å². The monoisotopic (exact) mass is 166 g/mol. The lowest BCUT2D eigenvalue weighted by molar-refractivity contribution is -0.0169. The Bertz CT molecular complexity index is 192. The first kappa shape index (κ1) is 9.07. The Hall–Kier alpha value is -1.02. The molecule has 1 rings (SSSR count). The maximum atomic E-state index is 5.17. The second kappa shape index (κ2) is 5.61. The van der Waals surface area contributed by atoms with E-state index in [1.165, 1.54) is 0 Å². The Kier molecular flexibility index (Phi) is 4.24. The summed E-state index contributed by atoms with van der Waals surface area (Å²) in [5, 5.41) is 0. The van der Waals surface area contributed by atoms with Crippen molar-refractivity contribution < 1.29 is 9.47 Å². The summed E-state index contributed by atoms with van der Waals surface area (Å²) >= 11 is 0. The van der Waals surface area contributed by atoms with E-state index < -0.39 is 0 Å². The molecule has 0 fully saturated rings. The SMILES string of the molecule is C=C1/C=C\C/C=C\CCOCO1. The molecule has 0 unspecified atom stereocenters. The van der Waals surface area contributed by atoms with E-state index in [2.05, 4.69) is 18.7 Å². The lowest BCUT2D eigenvalue weighted by atomic mass is 10.3. The molecule has 1 heterocycles. The first-order valence-corrected chi connectivity index (χ1v) is 4.10. The third-order valence-corrected chi connectivity index (χ3v) is 1.50. The number of rotatable bonds is 0. The van der Waals surface area contributed by atoms with Gasteiger partial charge in [0, 0.05) is 0 Å². The minimum absolute atomic E-state index is 0.303. The summed E-state index contributed by atoms with van der Waals surface area (Å²) in [4.78, 5) is 0. The quantitative estimate of drug-likeness (QED) is 0.514. The second-order valence-electron chi connectivity index (χ2n) is 2.53. The predicted molar refractivity (Wildman–Crippen MR) is 48.6 cm³/mol. The smallest absolute Gasteiger partial charge is 0.189 e. The highest BCUT2D eigenvalue weighted by molar-refractivity contribution is 5.08. The minimum Gasteiger partial charge on any atom is -0.468 e. The molecular formula is C10H14O2. The molecule has 12 heavy (non-hydrogen) atoms. The summed E-state index contributed by atoms with van der Waals surface area (Å²) in [5.74, 6) is 0.658. The van der Waals surface area contributed by atoms with Crippen molar-refractivity contribution in [1.82, 2.24) is 0 Å². The fourth-order valence-electron chi connectivity index (χ4n) is 0.868. The van der Waals surface area contributed by atoms with Gasteiger partial charge < -0.3 is 9.47 Å². The van der Waals surface area contributed by atoms with Crippen LogP contribution in [0.3, 0.4) is 0 Å². The van der Waals surface area contributed by atoms with Crippen LogP contribution in [0.25, 0.3) is 0 Å². The van der Waals surface area contributed by atoms with Crippen molar-refractivity contribution in [3.05, 3.63) is 36.6 Å². The maximum Gasteiger partial charge on any atom is 0.189 e. The molecule has 0 N–H and O–H groups in total. The summed E-state index contributed by atoms with van der Waals surface area (Å²) in [6, 6.07) is 0. The van der Waals surface area contributed by atoms with Gasteiger partial charge in [-0.1, -0.05) is 24.8 Å². The number of ether oxygens (including phenoxy) is 2. The van der Waals surface area contributed by atoms with E-state index in [1.807, 2.05) is 12.2 Å². The van der Waals surface area contributed by atoms with Crippen LogP contribution in [0.2, 0.25) is 0 Å². The van der Waals surface area contributed by atoms with Crippen LogP contribution in [0.1, 0.15) is 12.8 Å². The van der Waals surface area contributed by atoms with Crippen molar-refractivity contribution in [1.29, 1.82) is 0 Å². The fourth-order valence-corrected chi connectivity index (χ4v) is 0.868. The van der Waals surface area contributed by atoms with Gasteiger partial charge in [-0.05, 0) is 18.9 Å². The summed E-state index contributed by atoms with van der Waals surface area (Å²) in [7, 11) is 0. The summed E-state index contributed by atoms with van der Waals surface area (Å²) in [6.07, 6.45) is 9.98. The van der Waals surface area contributed by atoms with E-state index in [0.29, 0.717) is 19.2 Å². The van der Waals surface area contributed by atoms with Gasteiger partial charge in [0.15, 0.2) is 6.79 Å². The molecule has 2 heteroatoms. The first-order valence-electron chi connectivity index (χ1n) is 4.10. The molecule has 0 radical (unpaired) electrons. The van der Waals surface area contributed by atoms with Gasteiger partial charge in [-0.15, -0.1) is 0 Å². The Morgan fingerprint density at radius 2 is 2.17 bits per heavy atom. The van der Waals surface area contributed by atoms with Crippen LogP contribution in [-0.2, 0) is 9.47 Å². The van der Waals surface area contributed by atoms with Gasteiger partial charge in [0.2, 0.25) is 0 Å². The number of allylic oxidation sites excluding steroid dienone is 3. The maximum absolute atomic E-state index is 5.17. The molecule has 0 aromatic heterocycles. The third-order valence-electron chi connectivity index (χ3n) is 1.50. The molecule has 66 valence electrons. The van der Waals surface area contributed by atoms with Crippen molar-refractivity contribution in [2.75, 3.05) is 13.4 Å². The normalized spacial score (nSPS) is 25.2. The van der Waals surface area contributed by atoms with Gasteiger partial charge in [-0.25, -0.2) is 0 Å². The molecule has 0 aromatic carbocycles. The molecule has 0 saturated heterocycles. The van der Waals surface area contributed by atoms with Gasteiger partial charge in [0.25, 0.3) is 0 Å².